The molecule has 0 radical (unpaired) electrons. The molecule has 1 N–H and O–H groups in total. The second-order valence-corrected chi connectivity index (χ2v) is 10.3. The van der Waals surface area contributed by atoms with Gasteiger partial charge in [-0.2, -0.15) is 5.26 Å². The van der Waals surface area contributed by atoms with Crippen LogP contribution in [0.4, 0.5) is 5.69 Å². The maximum Gasteiger partial charge on any atom is 0.219 e. The van der Waals surface area contributed by atoms with Crippen LogP contribution in [-0.4, -0.2) is 8.42 Å². The van der Waals surface area contributed by atoms with Gasteiger partial charge in [0, 0.05) is 16.5 Å². The molecule has 158 valence electrons. The van der Waals surface area contributed by atoms with Crippen LogP contribution >= 0.6 is 23.4 Å². The topological polar surface area (TPSA) is 70.0 Å². The van der Waals surface area contributed by atoms with Gasteiger partial charge in [0.1, 0.15) is 11.1 Å². The van der Waals surface area contributed by atoms with Crippen LogP contribution in [0.15, 0.2) is 87.6 Å². The van der Waals surface area contributed by atoms with E-state index in [-0.39, 0.29) is 14.8 Å². The van der Waals surface area contributed by atoms with E-state index in [0.717, 1.165) is 22.4 Å². The molecule has 0 bridgehead atoms. The minimum atomic E-state index is -4.00. The van der Waals surface area contributed by atoms with Crippen LogP contribution in [0.2, 0.25) is 5.02 Å². The summed E-state index contributed by atoms with van der Waals surface area (Å²) in [6.07, 6.45) is 0. The summed E-state index contributed by atoms with van der Waals surface area (Å²) in [6.45, 7) is 3.89. The summed E-state index contributed by atoms with van der Waals surface area (Å²) in [5.41, 5.74) is 3.65. The zero-order valence-corrected chi connectivity index (χ0v) is 19.5. The Kier molecular flexibility index (Phi) is 7.45. The third-order valence-corrected chi connectivity index (χ3v) is 7.71. The van der Waals surface area contributed by atoms with Gasteiger partial charge in [0.25, 0.3) is 0 Å². The lowest BCUT2D eigenvalue weighted by Gasteiger charge is -2.16. The van der Waals surface area contributed by atoms with Crippen LogP contribution in [0.1, 0.15) is 16.7 Å². The van der Waals surface area contributed by atoms with Crippen molar-refractivity contribution in [1.82, 2.24) is 0 Å². The van der Waals surface area contributed by atoms with Crippen LogP contribution < -0.4 is 5.32 Å². The number of thioether (sulfide) groups is 1. The zero-order valence-electron chi connectivity index (χ0n) is 17.1. The standard InChI is InChI=1S/C24H21ClN2O2S2/c1-17-11-12-18(2)22(13-17)27-24(30-16-19-7-6-8-20(25)14-19)23(15-26)31(28,29)21-9-4-3-5-10-21/h3-14,27H,16H2,1-2H3. The Hall–Kier alpha value is -2.72. The van der Waals surface area contributed by atoms with E-state index in [1.807, 2.05) is 56.3 Å². The van der Waals surface area contributed by atoms with Crippen molar-refractivity contribution in [1.29, 1.82) is 5.26 Å². The number of hydrogen-bond acceptors (Lipinski definition) is 5. The molecule has 0 aliphatic rings. The molecule has 0 amide bonds. The van der Waals surface area contributed by atoms with Crippen molar-refractivity contribution < 1.29 is 8.42 Å². The maximum atomic E-state index is 13.3. The second kappa shape index (κ2) is 10.1. The number of allylic oxidation sites excluding steroid dienone is 1. The van der Waals surface area contributed by atoms with E-state index in [0.29, 0.717) is 10.8 Å². The van der Waals surface area contributed by atoms with E-state index in [4.69, 9.17) is 11.6 Å². The normalized spacial score (nSPS) is 12.1. The Morgan fingerprint density at radius 3 is 2.45 bits per heavy atom. The molecular formula is C24H21ClN2O2S2. The highest BCUT2D eigenvalue weighted by atomic mass is 35.5. The van der Waals surface area contributed by atoms with E-state index >= 15 is 0 Å². The molecule has 0 saturated carbocycles. The largest absolute Gasteiger partial charge is 0.348 e. The molecule has 0 aromatic heterocycles. The van der Waals surface area contributed by atoms with E-state index < -0.39 is 9.84 Å². The van der Waals surface area contributed by atoms with Crippen molar-refractivity contribution in [2.75, 3.05) is 5.32 Å². The first kappa shape index (κ1) is 23.0. The zero-order chi connectivity index (χ0) is 22.4. The Balaban J connectivity index is 2.08. The number of anilines is 1. The van der Waals surface area contributed by atoms with Gasteiger partial charge < -0.3 is 5.32 Å². The molecule has 3 aromatic carbocycles. The Morgan fingerprint density at radius 2 is 1.77 bits per heavy atom. The van der Waals surface area contributed by atoms with E-state index in [9.17, 15) is 13.7 Å². The van der Waals surface area contributed by atoms with Crippen molar-refractivity contribution in [2.24, 2.45) is 0 Å². The molecular weight excluding hydrogens is 448 g/mol. The van der Waals surface area contributed by atoms with E-state index in [1.54, 1.807) is 24.3 Å². The summed E-state index contributed by atoms with van der Waals surface area (Å²) in [7, 11) is -4.00. The Morgan fingerprint density at radius 1 is 1.03 bits per heavy atom. The number of nitrogens with zero attached hydrogens (tertiary/aromatic N) is 1. The highest BCUT2D eigenvalue weighted by Gasteiger charge is 2.25. The number of sulfone groups is 1. The number of nitriles is 1. The molecule has 0 unspecified atom stereocenters. The van der Waals surface area contributed by atoms with Crippen molar-refractivity contribution in [3.8, 4) is 6.07 Å². The van der Waals surface area contributed by atoms with Gasteiger partial charge in [-0.1, -0.05) is 54.1 Å². The summed E-state index contributed by atoms with van der Waals surface area (Å²) in [5.74, 6) is 0.448. The van der Waals surface area contributed by atoms with Crippen molar-refractivity contribution in [3.63, 3.8) is 0 Å². The smallest absolute Gasteiger partial charge is 0.219 e. The van der Waals surface area contributed by atoms with Crippen molar-refractivity contribution >= 4 is 38.9 Å². The van der Waals surface area contributed by atoms with E-state index in [1.165, 1.54) is 23.9 Å². The SMILES string of the molecule is Cc1ccc(C)c(NC(SCc2cccc(Cl)c2)=C(C#N)S(=O)(=O)c2ccccc2)c1. The molecule has 3 aromatic rings. The first-order valence-corrected chi connectivity index (χ1v) is 12.3. The molecule has 31 heavy (non-hydrogen) atoms. The lowest BCUT2D eigenvalue weighted by Crippen LogP contribution is -2.11. The predicted octanol–water partition coefficient (Wildman–Crippen LogP) is 6.47. The summed E-state index contributed by atoms with van der Waals surface area (Å²) in [6, 6.07) is 23.1. The molecule has 0 fully saturated rings. The maximum absolute atomic E-state index is 13.3. The molecule has 0 aliphatic carbocycles. The fourth-order valence-corrected chi connectivity index (χ4v) is 5.62. The second-order valence-electron chi connectivity index (χ2n) is 6.95. The van der Waals surface area contributed by atoms with Crippen LogP contribution in [0.5, 0.6) is 0 Å². The van der Waals surface area contributed by atoms with Gasteiger partial charge in [-0.25, -0.2) is 8.42 Å². The molecule has 0 saturated heterocycles. The quantitative estimate of drug-likeness (QED) is 0.402. The molecule has 0 spiro atoms. The van der Waals surface area contributed by atoms with Crippen LogP contribution in [0, 0.1) is 25.2 Å². The fourth-order valence-electron chi connectivity index (χ4n) is 2.88. The number of nitrogens with one attached hydrogen (secondary N) is 1. The van der Waals surface area contributed by atoms with Crippen molar-refractivity contribution in [3.05, 3.63) is 104 Å². The highest BCUT2D eigenvalue weighted by molar-refractivity contribution is 8.04. The number of halogens is 1. The van der Waals surface area contributed by atoms with Crippen LogP contribution in [0.25, 0.3) is 0 Å². The minimum Gasteiger partial charge on any atom is -0.348 e. The van der Waals surface area contributed by atoms with E-state index in [2.05, 4.69) is 5.32 Å². The highest BCUT2D eigenvalue weighted by Crippen LogP contribution is 2.32. The summed E-state index contributed by atoms with van der Waals surface area (Å²) < 4.78 is 26.5. The monoisotopic (exact) mass is 468 g/mol. The summed E-state index contributed by atoms with van der Waals surface area (Å²) in [4.78, 5) is -0.234. The third-order valence-electron chi connectivity index (χ3n) is 4.54. The van der Waals surface area contributed by atoms with Crippen molar-refractivity contribution in [2.45, 2.75) is 24.5 Å². The predicted molar refractivity (Wildman–Crippen MR) is 129 cm³/mol. The molecule has 7 heteroatoms. The van der Waals surface area contributed by atoms with Gasteiger partial charge in [-0.3, -0.25) is 0 Å². The molecule has 0 atom stereocenters. The number of benzene rings is 3. The first-order valence-electron chi connectivity index (χ1n) is 9.47. The molecule has 4 nitrogen and oxygen atoms in total. The van der Waals surface area contributed by atoms with Gasteiger partial charge in [0.05, 0.1) is 4.90 Å². The van der Waals surface area contributed by atoms with Crippen LogP contribution in [0.3, 0.4) is 0 Å². The van der Waals surface area contributed by atoms with Gasteiger partial charge in [0.15, 0.2) is 4.91 Å². The molecule has 3 rings (SSSR count). The number of aryl methyl sites for hydroxylation is 2. The number of rotatable bonds is 7. The first-order chi connectivity index (χ1) is 14.8. The van der Waals surface area contributed by atoms with Crippen LogP contribution in [-0.2, 0) is 15.6 Å². The fraction of sp³-hybridized carbons (Fsp3) is 0.125. The lowest BCUT2D eigenvalue weighted by molar-refractivity contribution is 0.603. The molecule has 0 heterocycles. The third kappa shape index (κ3) is 5.71. The van der Waals surface area contributed by atoms with Gasteiger partial charge >= 0.3 is 0 Å². The Bertz CT molecular complexity index is 1260. The summed E-state index contributed by atoms with van der Waals surface area (Å²) in [5, 5.41) is 14.0. The summed E-state index contributed by atoms with van der Waals surface area (Å²) >= 11 is 7.34. The minimum absolute atomic E-state index is 0.0789. The Labute approximate surface area is 192 Å². The van der Waals surface area contributed by atoms with Gasteiger partial charge in [-0.05, 0) is 60.9 Å². The average Bonchev–Trinajstić information content (AvgIpc) is 2.75. The van der Waals surface area contributed by atoms with Gasteiger partial charge in [0.2, 0.25) is 9.84 Å². The molecule has 0 aliphatic heterocycles. The van der Waals surface area contributed by atoms with Gasteiger partial charge in [-0.15, -0.1) is 11.8 Å². The lowest BCUT2D eigenvalue weighted by atomic mass is 10.1. The average molecular weight is 469 g/mol. The number of hydrogen-bond donors (Lipinski definition) is 1.